The van der Waals surface area contributed by atoms with E-state index < -0.39 is 0 Å². The van der Waals surface area contributed by atoms with Crippen LogP contribution in [0.2, 0.25) is 0 Å². The minimum atomic E-state index is 0.499. The van der Waals surface area contributed by atoms with Crippen molar-refractivity contribution in [3.05, 3.63) is 48.3 Å². The van der Waals surface area contributed by atoms with Gasteiger partial charge < -0.3 is 5.73 Å². The summed E-state index contributed by atoms with van der Waals surface area (Å²) in [4.78, 5) is 4.02. The van der Waals surface area contributed by atoms with Crippen LogP contribution in [-0.4, -0.2) is 4.98 Å². The Hall–Kier alpha value is -2.34. The normalized spacial score (nSPS) is 9.53. The largest absolute Gasteiger partial charge is 0.398 e. The molecule has 0 aliphatic carbocycles. The van der Waals surface area contributed by atoms with Gasteiger partial charge in [-0.25, -0.2) is 0 Å². The number of rotatable bonds is 1. The summed E-state index contributed by atoms with van der Waals surface area (Å²) in [6.45, 7) is 0. The fourth-order valence-electron chi connectivity index (χ4n) is 1.46. The van der Waals surface area contributed by atoms with Crippen molar-refractivity contribution in [3.63, 3.8) is 0 Å². The van der Waals surface area contributed by atoms with Crippen molar-refractivity contribution in [2.75, 3.05) is 5.73 Å². The second kappa shape index (κ2) is 3.81. The number of nitrogens with two attached hydrogens (primary N) is 1. The maximum Gasteiger partial charge on any atom is 0.102 e. The van der Waals surface area contributed by atoms with E-state index in [1.54, 1.807) is 18.5 Å². The van der Waals surface area contributed by atoms with Gasteiger partial charge in [-0.2, -0.15) is 5.26 Å². The van der Waals surface area contributed by atoms with Gasteiger partial charge in [0, 0.05) is 23.5 Å². The van der Waals surface area contributed by atoms with E-state index in [9.17, 15) is 0 Å². The fourth-order valence-corrected chi connectivity index (χ4v) is 1.46. The predicted octanol–water partition coefficient (Wildman–Crippen LogP) is 2.20. The Kier molecular flexibility index (Phi) is 2.34. The molecule has 1 aromatic heterocycles. The van der Waals surface area contributed by atoms with E-state index in [1.807, 2.05) is 24.3 Å². The van der Waals surface area contributed by atoms with E-state index in [-0.39, 0.29) is 0 Å². The second-order valence-corrected chi connectivity index (χ2v) is 3.12. The number of nitrogen functional groups attached to an aromatic ring is 1. The molecule has 0 saturated heterocycles. The average Bonchev–Trinajstić information content (AvgIpc) is 2.30. The van der Waals surface area contributed by atoms with Crippen molar-refractivity contribution >= 4 is 5.69 Å². The molecule has 0 bridgehead atoms. The van der Waals surface area contributed by atoms with E-state index in [0.717, 1.165) is 11.1 Å². The van der Waals surface area contributed by atoms with E-state index in [1.165, 1.54) is 0 Å². The lowest BCUT2D eigenvalue weighted by molar-refractivity contribution is 1.33. The van der Waals surface area contributed by atoms with Crippen molar-refractivity contribution in [1.29, 1.82) is 5.26 Å². The van der Waals surface area contributed by atoms with Crippen LogP contribution in [0.5, 0.6) is 0 Å². The van der Waals surface area contributed by atoms with Crippen LogP contribution in [0.4, 0.5) is 5.69 Å². The molecule has 0 spiro atoms. The van der Waals surface area contributed by atoms with Crippen LogP contribution in [0.25, 0.3) is 11.1 Å². The Morgan fingerprint density at radius 3 is 2.73 bits per heavy atom. The summed E-state index contributed by atoms with van der Waals surface area (Å²) < 4.78 is 0. The summed E-state index contributed by atoms with van der Waals surface area (Å²) in [6, 6.07) is 11.3. The molecular weight excluding hydrogens is 186 g/mol. The molecule has 72 valence electrons. The van der Waals surface area contributed by atoms with Crippen LogP contribution >= 0.6 is 0 Å². The maximum absolute atomic E-state index is 9.01. The molecule has 2 N–H and O–H groups in total. The quantitative estimate of drug-likeness (QED) is 0.709. The zero-order chi connectivity index (χ0) is 10.7. The van der Waals surface area contributed by atoms with Crippen LogP contribution in [0.1, 0.15) is 5.56 Å². The third-order valence-electron chi connectivity index (χ3n) is 2.18. The summed E-state index contributed by atoms with van der Waals surface area (Å²) >= 11 is 0. The van der Waals surface area contributed by atoms with Crippen molar-refractivity contribution in [2.24, 2.45) is 0 Å². The van der Waals surface area contributed by atoms with Gasteiger partial charge in [0.25, 0.3) is 0 Å². The number of anilines is 1. The number of aromatic nitrogens is 1. The van der Waals surface area contributed by atoms with Gasteiger partial charge in [0.2, 0.25) is 0 Å². The number of hydrogen-bond donors (Lipinski definition) is 1. The van der Waals surface area contributed by atoms with Crippen LogP contribution < -0.4 is 5.73 Å². The first-order valence-electron chi connectivity index (χ1n) is 4.52. The SMILES string of the molecule is N#Cc1c(N)cccc1-c1cccnc1. The van der Waals surface area contributed by atoms with Gasteiger partial charge in [0.05, 0.1) is 11.3 Å². The van der Waals surface area contributed by atoms with E-state index >= 15 is 0 Å². The molecule has 0 fully saturated rings. The molecule has 0 aliphatic rings. The van der Waals surface area contributed by atoms with Crippen molar-refractivity contribution in [2.45, 2.75) is 0 Å². The number of nitrogens with zero attached hydrogens (tertiary/aromatic N) is 2. The number of pyridine rings is 1. The summed E-state index contributed by atoms with van der Waals surface area (Å²) in [5.74, 6) is 0. The average molecular weight is 195 g/mol. The van der Waals surface area contributed by atoms with Crippen LogP contribution in [0.3, 0.4) is 0 Å². The van der Waals surface area contributed by atoms with Gasteiger partial charge in [-0.05, 0) is 12.1 Å². The molecule has 2 rings (SSSR count). The number of benzene rings is 1. The van der Waals surface area contributed by atoms with E-state index in [4.69, 9.17) is 11.0 Å². The Bertz CT molecular complexity index is 512. The molecule has 0 atom stereocenters. The van der Waals surface area contributed by atoms with Gasteiger partial charge in [0.1, 0.15) is 6.07 Å². The molecule has 0 aliphatic heterocycles. The molecular formula is C12H9N3. The lowest BCUT2D eigenvalue weighted by atomic mass is 10.0. The molecule has 1 heterocycles. The fraction of sp³-hybridized carbons (Fsp3) is 0. The smallest absolute Gasteiger partial charge is 0.102 e. The highest BCUT2D eigenvalue weighted by atomic mass is 14.6. The summed E-state index contributed by atoms with van der Waals surface area (Å²) in [5, 5.41) is 9.01. The first-order chi connectivity index (χ1) is 7.33. The number of nitriles is 1. The lowest BCUT2D eigenvalue weighted by Crippen LogP contribution is -1.93. The molecule has 2 aromatic rings. The Labute approximate surface area is 87.8 Å². The monoisotopic (exact) mass is 195 g/mol. The summed E-state index contributed by atoms with van der Waals surface area (Å²) in [6.07, 6.45) is 3.41. The van der Waals surface area contributed by atoms with Gasteiger partial charge in [-0.1, -0.05) is 18.2 Å². The van der Waals surface area contributed by atoms with Crippen molar-refractivity contribution in [1.82, 2.24) is 4.98 Å². The number of hydrogen-bond acceptors (Lipinski definition) is 3. The van der Waals surface area contributed by atoms with Crippen LogP contribution in [-0.2, 0) is 0 Å². The minimum Gasteiger partial charge on any atom is -0.398 e. The predicted molar refractivity (Wildman–Crippen MR) is 58.8 cm³/mol. The van der Waals surface area contributed by atoms with Gasteiger partial charge in [0.15, 0.2) is 0 Å². The van der Waals surface area contributed by atoms with Crippen molar-refractivity contribution < 1.29 is 0 Å². The highest BCUT2D eigenvalue weighted by Crippen LogP contribution is 2.25. The van der Waals surface area contributed by atoms with Crippen molar-refractivity contribution in [3.8, 4) is 17.2 Å². The van der Waals surface area contributed by atoms with E-state index in [2.05, 4.69) is 11.1 Å². The molecule has 0 radical (unpaired) electrons. The topological polar surface area (TPSA) is 62.7 Å². The van der Waals surface area contributed by atoms with Crippen LogP contribution in [0.15, 0.2) is 42.7 Å². The van der Waals surface area contributed by atoms with Gasteiger partial charge in [-0.3, -0.25) is 4.98 Å². The molecule has 15 heavy (non-hydrogen) atoms. The summed E-state index contributed by atoms with van der Waals surface area (Å²) in [7, 11) is 0. The minimum absolute atomic E-state index is 0.499. The zero-order valence-electron chi connectivity index (χ0n) is 8.01. The highest BCUT2D eigenvalue weighted by molar-refractivity contribution is 5.76. The third-order valence-corrected chi connectivity index (χ3v) is 2.18. The Balaban J connectivity index is 2.65. The Morgan fingerprint density at radius 2 is 2.07 bits per heavy atom. The first-order valence-corrected chi connectivity index (χ1v) is 4.52. The van der Waals surface area contributed by atoms with Crippen LogP contribution in [0, 0.1) is 11.3 Å². The zero-order valence-corrected chi connectivity index (χ0v) is 8.01. The lowest BCUT2D eigenvalue weighted by Gasteiger charge is -2.05. The highest BCUT2D eigenvalue weighted by Gasteiger charge is 2.06. The molecule has 0 unspecified atom stereocenters. The van der Waals surface area contributed by atoms with E-state index in [0.29, 0.717) is 11.3 Å². The second-order valence-electron chi connectivity index (χ2n) is 3.12. The Morgan fingerprint density at radius 1 is 1.20 bits per heavy atom. The first kappa shape index (κ1) is 9.22. The molecule has 0 saturated carbocycles. The standard InChI is InChI=1S/C12H9N3/c13-7-11-10(4-1-5-12(11)14)9-3-2-6-15-8-9/h1-6,8H,14H2. The molecule has 0 amide bonds. The van der Waals surface area contributed by atoms with Gasteiger partial charge in [-0.15, -0.1) is 0 Å². The molecule has 1 aromatic carbocycles. The van der Waals surface area contributed by atoms with Gasteiger partial charge >= 0.3 is 0 Å². The third kappa shape index (κ3) is 1.65. The molecule has 3 nitrogen and oxygen atoms in total. The molecule has 3 heteroatoms. The maximum atomic E-state index is 9.01. The summed E-state index contributed by atoms with van der Waals surface area (Å²) in [5.41, 5.74) is 8.46.